The van der Waals surface area contributed by atoms with Crippen LogP contribution in [0.3, 0.4) is 0 Å². The van der Waals surface area contributed by atoms with Gasteiger partial charge in [0.25, 0.3) is 0 Å². The molecule has 0 radical (unpaired) electrons. The molecule has 0 fully saturated rings. The summed E-state index contributed by atoms with van der Waals surface area (Å²) in [7, 11) is 0. The largest absolute Gasteiger partial charge is 0.465 e. The Labute approximate surface area is 104 Å². The van der Waals surface area contributed by atoms with Gasteiger partial charge in [-0.05, 0) is 36.8 Å². The Bertz CT molecular complexity index is 579. The third-order valence-corrected chi connectivity index (χ3v) is 2.57. The summed E-state index contributed by atoms with van der Waals surface area (Å²) in [6, 6.07) is 11.3. The Morgan fingerprint density at radius 1 is 1.17 bits per heavy atom. The maximum absolute atomic E-state index is 12.9. The first-order valence-electron chi connectivity index (χ1n) is 5.43. The van der Waals surface area contributed by atoms with Gasteiger partial charge in [0.15, 0.2) is 0 Å². The third-order valence-electron chi connectivity index (χ3n) is 2.57. The van der Waals surface area contributed by atoms with Crippen molar-refractivity contribution < 1.29 is 14.3 Å². The number of amides is 1. The number of carbonyl (C=O) groups is 1. The van der Waals surface area contributed by atoms with Crippen LogP contribution in [0.2, 0.25) is 0 Å². The Kier molecular flexibility index (Phi) is 3.28. The molecular weight excluding hydrogens is 233 g/mol. The second kappa shape index (κ2) is 4.87. The van der Waals surface area contributed by atoms with Crippen molar-refractivity contribution in [2.24, 2.45) is 0 Å². The molecule has 0 aliphatic carbocycles. The minimum atomic E-state index is -1.12. The number of hydrogen-bond donors (Lipinski definition) is 2. The summed E-state index contributed by atoms with van der Waals surface area (Å²) in [6.07, 6.45) is -1.12. The van der Waals surface area contributed by atoms with Gasteiger partial charge in [-0.2, -0.15) is 0 Å². The zero-order valence-electron chi connectivity index (χ0n) is 9.77. The lowest BCUT2D eigenvalue weighted by molar-refractivity contribution is 0.210. The van der Waals surface area contributed by atoms with Crippen molar-refractivity contribution >= 4 is 11.8 Å². The predicted octanol–water partition coefficient (Wildman–Crippen LogP) is 3.89. The van der Waals surface area contributed by atoms with E-state index in [1.54, 1.807) is 18.2 Å². The Hall–Kier alpha value is -2.36. The summed E-state index contributed by atoms with van der Waals surface area (Å²) in [5, 5.41) is 11.1. The molecule has 3 nitrogen and oxygen atoms in total. The first-order valence-corrected chi connectivity index (χ1v) is 5.43. The molecule has 0 saturated heterocycles. The molecule has 0 saturated carbocycles. The molecule has 2 aromatic carbocycles. The molecule has 92 valence electrons. The quantitative estimate of drug-likeness (QED) is 0.843. The van der Waals surface area contributed by atoms with E-state index < -0.39 is 6.09 Å². The van der Waals surface area contributed by atoms with E-state index >= 15 is 0 Å². The fourth-order valence-electron chi connectivity index (χ4n) is 1.75. The van der Waals surface area contributed by atoms with E-state index in [2.05, 4.69) is 5.32 Å². The molecule has 0 aliphatic rings. The van der Waals surface area contributed by atoms with Crippen LogP contribution in [-0.4, -0.2) is 11.2 Å². The topological polar surface area (TPSA) is 49.3 Å². The van der Waals surface area contributed by atoms with Gasteiger partial charge in [-0.1, -0.05) is 23.8 Å². The van der Waals surface area contributed by atoms with Crippen LogP contribution in [0.5, 0.6) is 0 Å². The van der Waals surface area contributed by atoms with E-state index in [0.29, 0.717) is 5.69 Å². The summed E-state index contributed by atoms with van der Waals surface area (Å²) < 4.78 is 12.9. The highest BCUT2D eigenvalue weighted by atomic mass is 19.1. The molecule has 0 aliphatic heterocycles. The average molecular weight is 245 g/mol. The van der Waals surface area contributed by atoms with Crippen molar-refractivity contribution in [2.75, 3.05) is 5.32 Å². The number of aryl methyl sites for hydroxylation is 1. The van der Waals surface area contributed by atoms with Crippen molar-refractivity contribution in [3.05, 3.63) is 53.8 Å². The van der Waals surface area contributed by atoms with Gasteiger partial charge in [0.1, 0.15) is 5.82 Å². The van der Waals surface area contributed by atoms with Gasteiger partial charge in [0.2, 0.25) is 0 Å². The van der Waals surface area contributed by atoms with Gasteiger partial charge in [0, 0.05) is 5.56 Å². The lowest BCUT2D eigenvalue weighted by Gasteiger charge is -2.10. The minimum absolute atomic E-state index is 0.320. The second-order valence-corrected chi connectivity index (χ2v) is 3.99. The molecule has 2 N–H and O–H groups in total. The van der Waals surface area contributed by atoms with Crippen LogP contribution in [0.15, 0.2) is 42.5 Å². The van der Waals surface area contributed by atoms with E-state index in [1.807, 2.05) is 19.1 Å². The highest BCUT2D eigenvalue weighted by molar-refractivity contribution is 5.90. The van der Waals surface area contributed by atoms with Gasteiger partial charge >= 0.3 is 6.09 Å². The fraction of sp³-hybridized carbons (Fsp3) is 0.0714. The first-order chi connectivity index (χ1) is 8.56. The molecule has 2 aromatic rings. The van der Waals surface area contributed by atoms with Gasteiger partial charge in [-0.3, -0.25) is 5.32 Å². The number of benzene rings is 2. The predicted molar refractivity (Wildman–Crippen MR) is 68.2 cm³/mol. The van der Waals surface area contributed by atoms with Crippen molar-refractivity contribution in [2.45, 2.75) is 6.92 Å². The summed E-state index contributed by atoms with van der Waals surface area (Å²) >= 11 is 0. The molecule has 1 amide bonds. The third kappa shape index (κ3) is 2.66. The molecule has 0 unspecified atom stereocenters. The number of anilines is 1. The molecule has 0 spiro atoms. The zero-order chi connectivity index (χ0) is 13.1. The molecule has 4 heteroatoms. The molecular formula is C14H12FNO2. The molecule has 2 rings (SSSR count). The fourth-order valence-corrected chi connectivity index (χ4v) is 1.75. The molecule has 0 atom stereocenters. The zero-order valence-corrected chi connectivity index (χ0v) is 9.77. The number of nitrogens with one attached hydrogen (secondary N) is 1. The average Bonchev–Trinajstić information content (AvgIpc) is 2.32. The number of hydrogen-bond acceptors (Lipinski definition) is 1. The Morgan fingerprint density at radius 3 is 2.44 bits per heavy atom. The highest BCUT2D eigenvalue weighted by Gasteiger charge is 2.08. The SMILES string of the molecule is Cc1ccc(NC(=O)O)c(-c2ccc(F)cc2)c1. The second-order valence-electron chi connectivity index (χ2n) is 3.99. The summed E-state index contributed by atoms with van der Waals surface area (Å²) in [5.74, 6) is -0.320. The number of halogens is 1. The smallest absolute Gasteiger partial charge is 0.409 e. The molecule has 0 aromatic heterocycles. The molecule has 0 bridgehead atoms. The standard InChI is InChI=1S/C14H12FNO2/c1-9-2-7-13(16-14(17)18)12(8-9)10-3-5-11(15)6-4-10/h2-8,16H,1H3,(H,17,18). The van der Waals surface area contributed by atoms with Crippen molar-refractivity contribution in [1.29, 1.82) is 0 Å². The van der Waals surface area contributed by atoms with Gasteiger partial charge in [-0.25, -0.2) is 9.18 Å². The first kappa shape index (κ1) is 12.1. The number of carboxylic acid groups (broad SMARTS) is 1. The minimum Gasteiger partial charge on any atom is -0.465 e. The maximum atomic E-state index is 12.9. The summed E-state index contributed by atoms with van der Waals surface area (Å²) in [4.78, 5) is 10.7. The van der Waals surface area contributed by atoms with Crippen LogP contribution in [0.4, 0.5) is 14.9 Å². The highest BCUT2D eigenvalue weighted by Crippen LogP contribution is 2.29. The monoisotopic (exact) mass is 245 g/mol. The van der Waals surface area contributed by atoms with E-state index in [9.17, 15) is 9.18 Å². The van der Waals surface area contributed by atoms with Gasteiger partial charge in [0.05, 0.1) is 5.69 Å². The van der Waals surface area contributed by atoms with Crippen molar-refractivity contribution in [3.63, 3.8) is 0 Å². The Balaban J connectivity index is 2.50. The number of rotatable bonds is 2. The lowest BCUT2D eigenvalue weighted by Crippen LogP contribution is -2.08. The Morgan fingerprint density at radius 2 is 1.83 bits per heavy atom. The van der Waals surface area contributed by atoms with Crippen LogP contribution in [-0.2, 0) is 0 Å². The van der Waals surface area contributed by atoms with Crippen molar-refractivity contribution in [1.82, 2.24) is 0 Å². The van der Waals surface area contributed by atoms with Gasteiger partial charge in [-0.15, -0.1) is 0 Å². The van der Waals surface area contributed by atoms with Crippen LogP contribution >= 0.6 is 0 Å². The van der Waals surface area contributed by atoms with E-state index in [4.69, 9.17) is 5.11 Å². The normalized spacial score (nSPS) is 10.1. The van der Waals surface area contributed by atoms with Gasteiger partial charge < -0.3 is 5.11 Å². The molecule has 0 heterocycles. The summed E-state index contributed by atoms with van der Waals surface area (Å²) in [6.45, 7) is 1.91. The van der Waals surface area contributed by atoms with Crippen LogP contribution in [0, 0.1) is 12.7 Å². The van der Waals surface area contributed by atoms with E-state index in [-0.39, 0.29) is 5.82 Å². The molecule has 18 heavy (non-hydrogen) atoms. The van der Waals surface area contributed by atoms with Crippen LogP contribution in [0.25, 0.3) is 11.1 Å². The van der Waals surface area contributed by atoms with Crippen LogP contribution in [0.1, 0.15) is 5.56 Å². The van der Waals surface area contributed by atoms with Crippen LogP contribution < -0.4 is 5.32 Å². The van der Waals surface area contributed by atoms with E-state index in [1.165, 1.54) is 12.1 Å². The summed E-state index contributed by atoms with van der Waals surface area (Å²) in [5.41, 5.74) is 2.99. The van der Waals surface area contributed by atoms with E-state index in [0.717, 1.165) is 16.7 Å². The van der Waals surface area contributed by atoms with Crippen molar-refractivity contribution in [3.8, 4) is 11.1 Å². The lowest BCUT2D eigenvalue weighted by atomic mass is 10.0. The maximum Gasteiger partial charge on any atom is 0.409 e.